The first-order valence-electron chi connectivity index (χ1n) is 6.30. The van der Waals surface area contributed by atoms with Crippen LogP contribution >= 0.6 is 0 Å². The zero-order chi connectivity index (χ0) is 16.0. The first-order chi connectivity index (χ1) is 9.88. The molecule has 21 heavy (non-hydrogen) atoms. The Labute approximate surface area is 121 Å². The molecular formula is C12H20O9. The van der Waals surface area contributed by atoms with Gasteiger partial charge in [0.05, 0.1) is 6.61 Å². The molecule has 1 aliphatic heterocycles. The smallest absolute Gasteiger partial charge is 0.333 e. The average molecular weight is 308 g/mol. The van der Waals surface area contributed by atoms with E-state index in [-0.39, 0.29) is 18.8 Å². The SMILES string of the molecule is C=C(C)C(=O)OCCOOC1OC(CO)[C@@H](O)C(O)C1O. The lowest BCUT2D eigenvalue weighted by Crippen LogP contribution is -2.59. The molecule has 1 saturated heterocycles. The van der Waals surface area contributed by atoms with Crippen LogP contribution in [0.25, 0.3) is 0 Å². The Morgan fingerprint density at radius 3 is 2.43 bits per heavy atom. The molecule has 0 amide bonds. The van der Waals surface area contributed by atoms with Gasteiger partial charge >= 0.3 is 5.97 Å². The highest BCUT2D eigenvalue weighted by atomic mass is 17.2. The predicted octanol–water partition coefficient (Wildman–Crippen LogP) is -2.15. The third-order valence-electron chi connectivity index (χ3n) is 2.76. The van der Waals surface area contributed by atoms with E-state index in [0.29, 0.717) is 0 Å². The summed E-state index contributed by atoms with van der Waals surface area (Å²) in [5, 5.41) is 37.6. The number of ether oxygens (including phenoxy) is 2. The summed E-state index contributed by atoms with van der Waals surface area (Å²) in [6, 6.07) is 0. The highest BCUT2D eigenvalue weighted by Gasteiger charge is 2.44. The topological polar surface area (TPSA) is 135 Å². The van der Waals surface area contributed by atoms with Gasteiger partial charge in [0.25, 0.3) is 0 Å². The van der Waals surface area contributed by atoms with Crippen LogP contribution in [0.4, 0.5) is 0 Å². The lowest BCUT2D eigenvalue weighted by molar-refractivity contribution is -0.426. The molecule has 9 nitrogen and oxygen atoms in total. The van der Waals surface area contributed by atoms with Crippen LogP contribution in [-0.4, -0.2) is 76.9 Å². The molecule has 0 saturated carbocycles. The molecule has 4 N–H and O–H groups in total. The van der Waals surface area contributed by atoms with Gasteiger partial charge < -0.3 is 29.9 Å². The van der Waals surface area contributed by atoms with Crippen LogP contribution in [0.15, 0.2) is 12.2 Å². The van der Waals surface area contributed by atoms with Crippen LogP contribution in [-0.2, 0) is 24.0 Å². The molecule has 4 unspecified atom stereocenters. The fourth-order valence-corrected chi connectivity index (χ4v) is 1.55. The lowest BCUT2D eigenvalue weighted by Gasteiger charge is -2.38. The number of hydrogen-bond acceptors (Lipinski definition) is 9. The van der Waals surface area contributed by atoms with Gasteiger partial charge in [-0.1, -0.05) is 6.58 Å². The molecule has 5 atom stereocenters. The third kappa shape index (κ3) is 5.00. The monoisotopic (exact) mass is 308 g/mol. The van der Waals surface area contributed by atoms with Crippen molar-refractivity contribution in [1.82, 2.24) is 0 Å². The Hall–Kier alpha value is -1.07. The van der Waals surface area contributed by atoms with Gasteiger partial charge in [-0.2, -0.15) is 0 Å². The maximum absolute atomic E-state index is 11.0. The fourth-order valence-electron chi connectivity index (χ4n) is 1.55. The van der Waals surface area contributed by atoms with E-state index in [1.54, 1.807) is 0 Å². The van der Waals surface area contributed by atoms with E-state index >= 15 is 0 Å². The molecule has 1 aliphatic rings. The van der Waals surface area contributed by atoms with Gasteiger partial charge in [-0.15, -0.1) is 0 Å². The van der Waals surface area contributed by atoms with Crippen molar-refractivity contribution in [1.29, 1.82) is 0 Å². The normalized spacial score (nSPS) is 32.7. The van der Waals surface area contributed by atoms with E-state index in [1.807, 2.05) is 0 Å². The maximum atomic E-state index is 11.0. The number of carbonyl (C=O) groups is 1. The number of hydrogen-bond donors (Lipinski definition) is 4. The number of carbonyl (C=O) groups excluding carboxylic acids is 1. The highest BCUT2D eigenvalue weighted by molar-refractivity contribution is 5.86. The Bertz CT molecular complexity index is 357. The fraction of sp³-hybridized carbons (Fsp3) is 0.750. The van der Waals surface area contributed by atoms with Crippen LogP contribution in [0.1, 0.15) is 6.92 Å². The predicted molar refractivity (Wildman–Crippen MR) is 66.6 cm³/mol. The Morgan fingerprint density at radius 1 is 1.19 bits per heavy atom. The summed E-state index contributed by atoms with van der Waals surface area (Å²) in [5.41, 5.74) is 0.241. The minimum absolute atomic E-state index is 0.108. The number of aliphatic hydroxyl groups is 4. The average Bonchev–Trinajstić information content (AvgIpc) is 2.46. The molecule has 0 aromatic rings. The van der Waals surface area contributed by atoms with Gasteiger partial charge in [-0.05, 0) is 6.92 Å². The van der Waals surface area contributed by atoms with Crippen LogP contribution in [0.2, 0.25) is 0 Å². The second kappa shape index (κ2) is 8.39. The first kappa shape index (κ1) is 18.0. The number of aliphatic hydroxyl groups excluding tert-OH is 4. The maximum Gasteiger partial charge on any atom is 0.333 e. The molecule has 1 heterocycles. The Morgan fingerprint density at radius 2 is 1.86 bits per heavy atom. The molecule has 0 radical (unpaired) electrons. The van der Waals surface area contributed by atoms with E-state index in [9.17, 15) is 20.1 Å². The molecule has 0 spiro atoms. The van der Waals surface area contributed by atoms with Crippen LogP contribution in [0.5, 0.6) is 0 Å². The van der Waals surface area contributed by atoms with Gasteiger partial charge in [-0.25, -0.2) is 14.6 Å². The summed E-state index contributed by atoms with van der Waals surface area (Å²) in [6.07, 6.45) is -7.05. The zero-order valence-electron chi connectivity index (χ0n) is 11.5. The summed E-state index contributed by atoms with van der Waals surface area (Å²) < 4.78 is 9.74. The van der Waals surface area contributed by atoms with Crippen LogP contribution < -0.4 is 0 Å². The standard InChI is InChI=1S/C12H20O9/c1-6(2)11(17)18-3-4-19-21-12-10(16)9(15)8(14)7(5-13)20-12/h7-10,12-16H,1,3-5H2,2H3/t7?,8-,9?,10?,12?/m1/s1. The largest absolute Gasteiger partial charge is 0.460 e. The summed E-state index contributed by atoms with van der Waals surface area (Å²) in [6.45, 7) is 4.07. The second-order valence-electron chi connectivity index (χ2n) is 4.53. The summed E-state index contributed by atoms with van der Waals surface area (Å²) >= 11 is 0. The van der Waals surface area contributed by atoms with E-state index in [2.05, 4.69) is 11.5 Å². The van der Waals surface area contributed by atoms with Crippen molar-refractivity contribution in [2.75, 3.05) is 19.8 Å². The summed E-state index contributed by atoms with van der Waals surface area (Å²) in [4.78, 5) is 20.5. The number of rotatable bonds is 7. The van der Waals surface area contributed by atoms with Gasteiger partial charge in [0.2, 0.25) is 6.29 Å². The number of esters is 1. The lowest BCUT2D eigenvalue weighted by atomic mass is 9.99. The van der Waals surface area contributed by atoms with Crippen molar-refractivity contribution < 1.29 is 44.5 Å². The molecule has 1 rings (SSSR count). The Kier molecular flexibility index (Phi) is 7.18. The minimum Gasteiger partial charge on any atom is -0.460 e. The van der Waals surface area contributed by atoms with E-state index in [0.717, 1.165) is 0 Å². The van der Waals surface area contributed by atoms with Crippen molar-refractivity contribution >= 4 is 5.97 Å². The van der Waals surface area contributed by atoms with Crippen LogP contribution in [0.3, 0.4) is 0 Å². The summed E-state index contributed by atoms with van der Waals surface area (Å²) in [5.74, 6) is -0.577. The van der Waals surface area contributed by atoms with Gasteiger partial charge in [-0.3, -0.25) is 0 Å². The first-order valence-corrected chi connectivity index (χ1v) is 6.30. The van der Waals surface area contributed by atoms with Crippen LogP contribution in [0, 0.1) is 0 Å². The molecule has 1 fully saturated rings. The minimum atomic E-state index is -1.55. The molecular weight excluding hydrogens is 288 g/mol. The Balaban J connectivity index is 2.31. The van der Waals surface area contributed by atoms with Crippen molar-refractivity contribution in [3.8, 4) is 0 Å². The quantitative estimate of drug-likeness (QED) is 0.136. The van der Waals surface area contributed by atoms with Crippen molar-refractivity contribution in [2.24, 2.45) is 0 Å². The van der Waals surface area contributed by atoms with Gasteiger partial charge in [0.15, 0.2) is 0 Å². The zero-order valence-corrected chi connectivity index (χ0v) is 11.5. The third-order valence-corrected chi connectivity index (χ3v) is 2.76. The van der Waals surface area contributed by atoms with E-state index in [4.69, 9.17) is 19.5 Å². The van der Waals surface area contributed by atoms with Gasteiger partial charge in [0.1, 0.15) is 37.6 Å². The molecule has 0 bridgehead atoms. The van der Waals surface area contributed by atoms with Crippen molar-refractivity contribution in [3.05, 3.63) is 12.2 Å². The second-order valence-corrected chi connectivity index (χ2v) is 4.53. The van der Waals surface area contributed by atoms with E-state index < -0.39 is 43.3 Å². The molecule has 9 heteroatoms. The van der Waals surface area contributed by atoms with E-state index in [1.165, 1.54) is 6.92 Å². The molecule has 122 valence electrons. The van der Waals surface area contributed by atoms with Crippen molar-refractivity contribution in [3.63, 3.8) is 0 Å². The van der Waals surface area contributed by atoms with Gasteiger partial charge in [0, 0.05) is 5.57 Å². The molecule has 0 aromatic carbocycles. The van der Waals surface area contributed by atoms with Crippen molar-refractivity contribution in [2.45, 2.75) is 37.6 Å². The molecule has 0 aliphatic carbocycles. The summed E-state index contributed by atoms with van der Waals surface area (Å²) in [7, 11) is 0. The molecule has 0 aromatic heterocycles. The highest BCUT2D eigenvalue weighted by Crippen LogP contribution is 2.21.